The number of aryl methyl sites for hydroxylation is 1. The predicted molar refractivity (Wildman–Crippen MR) is 67.4 cm³/mol. The highest BCUT2D eigenvalue weighted by atomic mass is 32.1. The van der Waals surface area contributed by atoms with Gasteiger partial charge >= 0.3 is 0 Å². The first-order chi connectivity index (χ1) is 8.70. The van der Waals surface area contributed by atoms with Crippen molar-refractivity contribution in [3.8, 4) is 11.8 Å². The van der Waals surface area contributed by atoms with Crippen molar-refractivity contribution < 1.29 is 9.90 Å². The Balaban J connectivity index is 2.08. The lowest BCUT2D eigenvalue weighted by Gasteiger charge is -1.98. The van der Waals surface area contributed by atoms with Gasteiger partial charge < -0.3 is 5.11 Å². The molecule has 1 amide bonds. The van der Waals surface area contributed by atoms with Crippen molar-refractivity contribution >= 4 is 22.4 Å². The van der Waals surface area contributed by atoms with Crippen LogP contribution in [0.2, 0.25) is 0 Å². The van der Waals surface area contributed by atoms with E-state index in [1.54, 1.807) is 13.1 Å². The third kappa shape index (κ3) is 2.74. The van der Waals surface area contributed by atoms with Crippen molar-refractivity contribution in [2.45, 2.75) is 6.92 Å². The minimum atomic E-state index is -0.266. The van der Waals surface area contributed by atoms with Gasteiger partial charge in [-0.1, -0.05) is 23.2 Å². The van der Waals surface area contributed by atoms with Crippen LogP contribution in [0.25, 0.3) is 0 Å². The number of aromatic amines is 1. The number of anilines is 1. The van der Waals surface area contributed by atoms with Crippen molar-refractivity contribution in [3.63, 3.8) is 0 Å². The SMILES string of the molecule is Cc1[nH]ncc1C(=O)Nc1ncc(C#CCO)s1. The zero-order valence-corrected chi connectivity index (χ0v) is 10.3. The number of carbonyl (C=O) groups is 1. The van der Waals surface area contributed by atoms with Crippen LogP contribution in [0, 0.1) is 18.8 Å². The molecule has 18 heavy (non-hydrogen) atoms. The lowest BCUT2D eigenvalue weighted by molar-refractivity contribution is 0.102. The van der Waals surface area contributed by atoms with Gasteiger partial charge in [0.2, 0.25) is 0 Å². The van der Waals surface area contributed by atoms with E-state index < -0.39 is 0 Å². The van der Waals surface area contributed by atoms with Gasteiger partial charge in [0.1, 0.15) is 6.61 Å². The van der Waals surface area contributed by atoms with Gasteiger partial charge in [-0.2, -0.15) is 5.10 Å². The number of hydrogen-bond acceptors (Lipinski definition) is 5. The fourth-order valence-corrected chi connectivity index (χ4v) is 1.95. The van der Waals surface area contributed by atoms with Gasteiger partial charge in [0.15, 0.2) is 5.13 Å². The summed E-state index contributed by atoms with van der Waals surface area (Å²) in [5.74, 6) is 4.97. The van der Waals surface area contributed by atoms with E-state index in [2.05, 4.69) is 32.3 Å². The van der Waals surface area contributed by atoms with E-state index in [1.807, 2.05) is 0 Å². The standard InChI is InChI=1S/C11H10N4O2S/c1-7-9(6-13-15-7)10(17)14-11-12-5-8(18-11)3-2-4-16/h5-6,16H,4H2,1H3,(H,13,15)(H,12,14,17). The van der Waals surface area contributed by atoms with Crippen molar-refractivity contribution in [2.75, 3.05) is 11.9 Å². The van der Waals surface area contributed by atoms with Gasteiger partial charge in [0.25, 0.3) is 5.91 Å². The lowest BCUT2D eigenvalue weighted by atomic mass is 10.2. The summed E-state index contributed by atoms with van der Waals surface area (Å²) in [5, 5.41) is 18.2. The van der Waals surface area contributed by atoms with Crippen molar-refractivity contribution in [1.29, 1.82) is 0 Å². The molecule has 0 atom stereocenters. The molecule has 0 spiro atoms. The molecule has 2 aromatic heterocycles. The Kier molecular flexibility index (Phi) is 3.72. The zero-order valence-electron chi connectivity index (χ0n) is 9.52. The summed E-state index contributed by atoms with van der Waals surface area (Å²) in [7, 11) is 0. The molecule has 0 aromatic carbocycles. The Morgan fingerprint density at radius 1 is 1.61 bits per heavy atom. The second kappa shape index (κ2) is 5.44. The van der Waals surface area contributed by atoms with Gasteiger partial charge in [0.05, 0.1) is 22.8 Å². The number of carbonyl (C=O) groups excluding carboxylic acids is 1. The van der Waals surface area contributed by atoms with Crippen LogP contribution in [-0.4, -0.2) is 32.8 Å². The molecule has 0 saturated carbocycles. The molecule has 0 fully saturated rings. The van der Waals surface area contributed by atoms with Gasteiger partial charge in [0, 0.05) is 5.69 Å². The lowest BCUT2D eigenvalue weighted by Crippen LogP contribution is -2.11. The second-order valence-corrected chi connectivity index (χ2v) is 4.38. The minimum absolute atomic E-state index is 0.201. The molecule has 0 aliphatic heterocycles. The molecular weight excluding hydrogens is 252 g/mol. The number of nitrogens with one attached hydrogen (secondary N) is 2. The zero-order chi connectivity index (χ0) is 13.0. The summed E-state index contributed by atoms with van der Waals surface area (Å²) >= 11 is 1.25. The Morgan fingerprint density at radius 2 is 2.44 bits per heavy atom. The number of aromatic nitrogens is 3. The Hall–Kier alpha value is -2.17. The van der Waals surface area contributed by atoms with Gasteiger partial charge in [-0.15, -0.1) is 0 Å². The average Bonchev–Trinajstić information content (AvgIpc) is 2.95. The molecule has 0 aliphatic rings. The van der Waals surface area contributed by atoms with Crippen LogP contribution in [0.15, 0.2) is 12.4 Å². The molecular formula is C11H10N4O2S. The first-order valence-electron chi connectivity index (χ1n) is 5.07. The Bertz CT molecular complexity index is 620. The smallest absolute Gasteiger partial charge is 0.260 e. The fraction of sp³-hybridized carbons (Fsp3) is 0.182. The Labute approximate surface area is 107 Å². The summed E-state index contributed by atoms with van der Waals surface area (Å²) in [6, 6.07) is 0. The normalized spacial score (nSPS) is 9.67. The highest BCUT2D eigenvalue weighted by Gasteiger charge is 2.12. The molecule has 0 unspecified atom stereocenters. The van der Waals surface area contributed by atoms with Crippen LogP contribution < -0.4 is 5.32 Å². The summed E-state index contributed by atoms with van der Waals surface area (Å²) < 4.78 is 0. The topological polar surface area (TPSA) is 90.9 Å². The molecule has 6 nitrogen and oxygen atoms in total. The predicted octanol–water partition coefficient (Wildman–Crippen LogP) is 0.771. The van der Waals surface area contributed by atoms with E-state index in [0.29, 0.717) is 21.3 Å². The number of amides is 1. The van der Waals surface area contributed by atoms with Gasteiger partial charge in [-0.3, -0.25) is 15.2 Å². The molecule has 92 valence electrons. The van der Waals surface area contributed by atoms with Crippen LogP contribution in [0.3, 0.4) is 0 Å². The van der Waals surface area contributed by atoms with E-state index in [-0.39, 0.29) is 12.5 Å². The summed E-state index contributed by atoms with van der Waals surface area (Å²) in [6.07, 6.45) is 3.01. The largest absolute Gasteiger partial charge is 0.384 e. The fourth-order valence-electron chi connectivity index (χ4n) is 1.26. The third-order valence-corrected chi connectivity index (χ3v) is 2.92. The molecule has 3 N–H and O–H groups in total. The van der Waals surface area contributed by atoms with Crippen LogP contribution in [0.5, 0.6) is 0 Å². The summed E-state index contributed by atoms with van der Waals surface area (Å²) in [6.45, 7) is 1.57. The second-order valence-electron chi connectivity index (χ2n) is 3.35. The quantitative estimate of drug-likeness (QED) is 0.697. The Morgan fingerprint density at radius 3 is 3.11 bits per heavy atom. The number of H-pyrrole nitrogens is 1. The van der Waals surface area contributed by atoms with Crippen LogP contribution in [-0.2, 0) is 0 Å². The van der Waals surface area contributed by atoms with Crippen molar-refractivity contribution in [1.82, 2.24) is 15.2 Å². The summed E-state index contributed by atoms with van der Waals surface area (Å²) in [4.78, 5) is 16.5. The van der Waals surface area contributed by atoms with Crippen LogP contribution >= 0.6 is 11.3 Å². The van der Waals surface area contributed by atoms with E-state index >= 15 is 0 Å². The van der Waals surface area contributed by atoms with Gasteiger partial charge in [-0.05, 0) is 6.92 Å². The average molecular weight is 262 g/mol. The molecule has 0 bridgehead atoms. The number of thiazole rings is 1. The van der Waals surface area contributed by atoms with E-state index in [1.165, 1.54) is 17.5 Å². The highest BCUT2D eigenvalue weighted by Crippen LogP contribution is 2.18. The van der Waals surface area contributed by atoms with Gasteiger partial charge in [-0.25, -0.2) is 4.98 Å². The maximum atomic E-state index is 11.8. The monoisotopic (exact) mass is 262 g/mol. The third-order valence-electron chi connectivity index (χ3n) is 2.09. The number of rotatable bonds is 2. The molecule has 7 heteroatoms. The number of aliphatic hydroxyl groups excluding tert-OH is 1. The first kappa shape index (κ1) is 12.3. The molecule has 0 saturated heterocycles. The van der Waals surface area contributed by atoms with E-state index in [0.717, 1.165) is 0 Å². The number of nitrogens with zero attached hydrogens (tertiary/aromatic N) is 2. The van der Waals surface area contributed by atoms with Crippen LogP contribution in [0.1, 0.15) is 20.9 Å². The van der Waals surface area contributed by atoms with E-state index in [9.17, 15) is 4.79 Å². The van der Waals surface area contributed by atoms with Crippen LogP contribution in [0.4, 0.5) is 5.13 Å². The van der Waals surface area contributed by atoms with Crippen molar-refractivity contribution in [2.24, 2.45) is 0 Å². The minimum Gasteiger partial charge on any atom is -0.384 e. The maximum Gasteiger partial charge on any atom is 0.260 e. The number of aliphatic hydroxyl groups is 1. The van der Waals surface area contributed by atoms with E-state index in [4.69, 9.17) is 5.11 Å². The molecule has 0 radical (unpaired) electrons. The molecule has 2 heterocycles. The molecule has 2 aromatic rings. The molecule has 0 aliphatic carbocycles. The first-order valence-corrected chi connectivity index (χ1v) is 5.89. The summed E-state index contributed by atoms with van der Waals surface area (Å²) in [5.41, 5.74) is 1.18. The maximum absolute atomic E-state index is 11.8. The number of hydrogen-bond donors (Lipinski definition) is 3. The molecule has 2 rings (SSSR count). The highest BCUT2D eigenvalue weighted by molar-refractivity contribution is 7.16. The van der Waals surface area contributed by atoms with Crippen molar-refractivity contribution in [3.05, 3.63) is 28.5 Å².